The summed E-state index contributed by atoms with van der Waals surface area (Å²) in [5.74, 6) is 0.872. The van der Waals surface area contributed by atoms with Gasteiger partial charge in [0.2, 0.25) is 5.91 Å². The lowest BCUT2D eigenvalue weighted by molar-refractivity contribution is -0.127. The van der Waals surface area contributed by atoms with Crippen molar-refractivity contribution >= 4 is 39.3 Å². The zero-order valence-corrected chi connectivity index (χ0v) is 17.1. The molecule has 0 N–H and O–H groups in total. The molecule has 0 saturated heterocycles. The first-order chi connectivity index (χ1) is 14.1. The fraction of sp³-hybridized carbons (Fsp3) is 0.227. The zero-order chi connectivity index (χ0) is 20.4. The number of nitrogens with zero attached hydrogens (tertiary/aromatic N) is 3. The average molecular weight is 407 g/mol. The Morgan fingerprint density at radius 3 is 2.62 bits per heavy atom. The van der Waals surface area contributed by atoms with E-state index in [0.717, 1.165) is 16.5 Å². The molecule has 0 radical (unpaired) electrons. The second-order valence-electron chi connectivity index (χ2n) is 6.78. The summed E-state index contributed by atoms with van der Waals surface area (Å²) in [5, 5.41) is 3.19. The molecule has 1 amide bonds. The largest absolute Gasteiger partial charge is 0.467 e. The van der Waals surface area contributed by atoms with Crippen molar-refractivity contribution in [2.24, 2.45) is 0 Å². The molecule has 2 aromatic carbocycles. The molecule has 2 aromatic heterocycles. The van der Waals surface area contributed by atoms with Gasteiger partial charge in [0.1, 0.15) is 5.76 Å². The van der Waals surface area contributed by atoms with Gasteiger partial charge in [0, 0.05) is 13.6 Å². The number of carbonyl (C=O) groups is 1. The highest BCUT2D eigenvalue weighted by Gasteiger charge is 2.16. The van der Waals surface area contributed by atoms with Crippen LogP contribution in [0.3, 0.4) is 0 Å². The first-order valence-corrected chi connectivity index (χ1v) is 10.4. The third kappa shape index (κ3) is 3.91. The lowest BCUT2D eigenvalue weighted by Gasteiger charge is -2.16. The Morgan fingerprint density at radius 2 is 1.93 bits per heavy atom. The van der Waals surface area contributed by atoms with E-state index in [1.165, 1.54) is 11.8 Å². The Balaban J connectivity index is 1.61. The van der Waals surface area contributed by atoms with Crippen LogP contribution in [-0.2, 0) is 17.9 Å². The third-order valence-corrected chi connectivity index (χ3v) is 5.79. The van der Waals surface area contributed by atoms with E-state index in [1.54, 1.807) is 28.8 Å². The highest BCUT2D eigenvalue weighted by Crippen LogP contribution is 2.23. The predicted octanol–water partition coefficient (Wildman–Crippen LogP) is 3.91. The SMILES string of the molecule is CCn1c(SCC(=O)N(C)Cc2ccco2)nc2cc3ccccc3cc2c1=O. The molecular formula is C22H21N3O3S. The van der Waals surface area contributed by atoms with Crippen LogP contribution >= 0.6 is 11.8 Å². The molecule has 148 valence electrons. The summed E-state index contributed by atoms with van der Waals surface area (Å²) >= 11 is 1.29. The number of fused-ring (bicyclic) bond motifs is 2. The van der Waals surface area contributed by atoms with Gasteiger partial charge in [-0.1, -0.05) is 36.0 Å². The van der Waals surface area contributed by atoms with Crippen LogP contribution in [0.4, 0.5) is 0 Å². The molecule has 2 heterocycles. The van der Waals surface area contributed by atoms with Crippen molar-refractivity contribution in [3.8, 4) is 0 Å². The number of thioether (sulfide) groups is 1. The van der Waals surface area contributed by atoms with Crippen molar-refractivity contribution in [1.82, 2.24) is 14.5 Å². The van der Waals surface area contributed by atoms with Crippen LogP contribution in [0, 0.1) is 0 Å². The fourth-order valence-corrected chi connectivity index (χ4v) is 4.24. The highest BCUT2D eigenvalue weighted by molar-refractivity contribution is 7.99. The number of hydrogen-bond acceptors (Lipinski definition) is 5. The van der Waals surface area contributed by atoms with E-state index in [-0.39, 0.29) is 17.2 Å². The van der Waals surface area contributed by atoms with Crippen molar-refractivity contribution in [1.29, 1.82) is 0 Å². The molecule has 0 aliphatic rings. The molecule has 0 unspecified atom stereocenters. The maximum Gasteiger partial charge on any atom is 0.262 e. The van der Waals surface area contributed by atoms with Gasteiger partial charge in [0.05, 0.1) is 29.5 Å². The summed E-state index contributed by atoms with van der Waals surface area (Å²) in [6.45, 7) is 2.81. The molecule has 0 spiro atoms. The van der Waals surface area contributed by atoms with E-state index in [2.05, 4.69) is 0 Å². The van der Waals surface area contributed by atoms with Crippen LogP contribution in [0.15, 0.2) is 69.2 Å². The Hall–Kier alpha value is -3.06. The normalized spacial score (nSPS) is 11.2. The van der Waals surface area contributed by atoms with Gasteiger partial charge < -0.3 is 9.32 Å². The second kappa shape index (κ2) is 8.13. The van der Waals surface area contributed by atoms with E-state index in [0.29, 0.717) is 29.1 Å². The van der Waals surface area contributed by atoms with Crippen LogP contribution in [0.2, 0.25) is 0 Å². The standard InChI is InChI=1S/C22H21N3O3S/c1-3-25-21(27)18-11-15-7-4-5-8-16(15)12-19(18)23-22(25)29-14-20(26)24(2)13-17-9-6-10-28-17/h4-12H,3,13-14H2,1-2H3. The van der Waals surface area contributed by atoms with Gasteiger partial charge in [-0.3, -0.25) is 14.2 Å². The average Bonchev–Trinajstić information content (AvgIpc) is 3.24. The molecule has 29 heavy (non-hydrogen) atoms. The van der Waals surface area contributed by atoms with Gasteiger partial charge in [0.25, 0.3) is 5.56 Å². The monoisotopic (exact) mass is 407 g/mol. The van der Waals surface area contributed by atoms with Crippen LogP contribution in [-0.4, -0.2) is 33.2 Å². The van der Waals surface area contributed by atoms with Gasteiger partial charge in [-0.05, 0) is 42.0 Å². The van der Waals surface area contributed by atoms with Crippen molar-refractivity contribution < 1.29 is 9.21 Å². The Bertz CT molecular complexity index is 1230. The molecular weight excluding hydrogens is 386 g/mol. The molecule has 6 nitrogen and oxygen atoms in total. The van der Waals surface area contributed by atoms with E-state index in [9.17, 15) is 9.59 Å². The molecule has 0 aliphatic carbocycles. The summed E-state index contributed by atoms with van der Waals surface area (Å²) in [7, 11) is 1.73. The number of benzene rings is 2. The number of hydrogen-bond donors (Lipinski definition) is 0. The minimum absolute atomic E-state index is 0.0538. The maximum absolute atomic E-state index is 13.0. The number of amides is 1. The summed E-state index contributed by atoms with van der Waals surface area (Å²) in [4.78, 5) is 31.8. The van der Waals surface area contributed by atoms with E-state index >= 15 is 0 Å². The van der Waals surface area contributed by atoms with E-state index in [1.807, 2.05) is 49.4 Å². The predicted molar refractivity (Wildman–Crippen MR) is 115 cm³/mol. The van der Waals surface area contributed by atoms with Crippen molar-refractivity contribution in [3.63, 3.8) is 0 Å². The smallest absolute Gasteiger partial charge is 0.262 e. The maximum atomic E-state index is 13.0. The summed E-state index contributed by atoms with van der Waals surface area (Å²) in [5.41, 5.74) is 0.569. The van der Waals surface area contributed by atoms with Crippen LogP contribution in [0.5, 0.6) is 0 Å². The molecule has 4 aromatic rings. The zero-order valence-electron chi connectivity index (χ0n) is 16.3. The lowest BCUT2D eigenvalue weighted by Crippen LogP contribution is -2.28. The summed E-state index contributed by atoms with van der Waals surface area (Å²) in [6.07, 6.45) is 1.59. The molecule has 0 fully saturated rings. The molecule has 7 heteroatoms. The quantitative estimate of drug-likeness (QED) is 0.275. The summed E-state index contributed by atoms with van der Waals surface area (Å²) in [6, 6.07) is 15.4. The molecule has 0 saturated carbocycles. The molecule has 0 bridgehead atoms. The van der Waals surface area contributed by atoms with Crippen LogP contribution in [0.25, 0.3) is 21.7 Å². The van der Waals surface area contributed by atoms with Gasteiger partial charge in [0.15, 0.2) is 5.16 Å². The Kier molecular flexibility index (Phi) is 5.40. The van der Waals surface area contributed by atoms with E-state index < -0.39 is 0 Å². The first-order valence-electron chi connectivity index (χ1n) is 9.39. The minimum Gasteiger partial charge on any atom is -0.467 e. The van der Waals surface area contributed by atoms with E-state index in [4.69, 9.17) is 9.40 Å². The first kappa shape index (κ1) is 19.3. The highest BCUT2D eigenvalue weighted by atomic mass is 32.2. The summed E-state index contributed by atoms with van der Waals surface area (Å²) < 4.78 is 6.92. The fourth-order valence-electron chi connectivity index (χ4n) is 3.24. The minimum atomic E-state index is -0.0813. The molecule has 4 rings (SSSR count). The second-order valence-corrected chi connectivity index (χ2v) is 7.72. The third-order valence-electron chi connectivity index (χ3n) is 4.83. The van der Waals surface area contributed by atoms with Crippen LogP contribution in [0.1, 0.15) is 12.7 Å². The number of carbonyl (C=O) groups excluding carboxylic acids is 1. The van der Waals surface area contributed by atoms with Crippen LogP contribution < -0.4 is 5.56 Å². The van der Waals surface area contributed by atoms with Crippen molar-refractivity contribution in [3.05, 3.63) is 70.9 Å². The Morgan fingerprint density at radius 1 is 1.17 bits per heavy atom. The number of furan rings is 1. The number of aromatic nitrogens is 2. The van der Waals surface area contributed by atoms with Gasteiger partial charge >= 0.3 is 0 Å². The lowest BCUT2D eigenvalue weighted by atomic mass is 10.1. The van der Waals surface area contributed by atoms with Gasteiger partial charge in [-0.25, -0.2) is 4.98 Å². The van der Waals surface area contributed by atoms with Crippen molar-refractivity contribution in [2.75, 3.05) is 12.8 Å². The topological polar surface area (TPSA) is 68.3 Å². The molecule has 0 aliphatic heterocycles. The molecule has 0 atom stereocenters. The van der Waals surface area contributed by atoms with Crippen molar-refractivity contribution in [2.45, 2.75) is 25.2 Å². The number of rotatable bonds is 6. The van der Waals surface area contributed by atoms with Gasteiger partial charge in [-0.15, -0.1) is 0 Å². The Labute approximate surface area is 172 Å². The van der Waals surface area contributed by atoms with Gasteiger partial charge in [-0.2, -0.15) is 0 Å².